The summed E-state index contributed by atoms with van der Waals surface area (Å²) in [5.74, 6) is -0.866. The Morgan fingerprint density at radius 2 is 2.00 bits per heavy atom. The van der Waals surface area contributed by atoms with Crippen molar-refractivity contribution in [2.75, 3.05) is 5.73 Å². The van der Waals surface area contributed by atoms with Gasteiger partial charge in [0.2, 0.25) is 0 Å². The van der Waals surface area contributed by atoms with E-state index >= 15 is 0 Å². The van der Waals surface area contributed by atoms with Gasteiger partial charge in [-0.05, 0) is 30.3 Å². The van der Waals surface area contributed by atoms with Gasteiger partial charge in [-0.2, -0.15) is 0 Å². The topological polar surface area (TPSA) is 58.9 Å². The Bertz CT molecular complexity index is 826. The number of carbonyl (C=O) groups excluding carboxylic acids is 1. The van der Waals surface area contributed by atoms with Crippen LogP contribution in [0.15, 0.2) is 42.6 Å². The highest BCUT2D eigenvalue weighted by molar-refractivity contribution is 6.37. The van der Waals surface area contributed by atoms with E-state index in [1.807, 2.05) is 6.07 Å². The van der Waals surface area contributed by atoms with Crippen LogP contribution in [0.4, 0.5) is 10.1 Å². The minimum atomic E-state index is -0.506. The van der Waals surface area contributed by atoms with Gasteiger partial charge in [0, 0.05) is 33.9 Å². The number of fused-ring (bicyclic) bond motifs is 1. The molecule has 0 atom stereocenters. The van der Waals surface area contributed by atoms with Crippen molar-refractivity contribution < 1.29 is 9.18 Å². The van der Waals surface area contributed by atoms with Crippen molar-refractivity contribution >= 4 is 34.0 Å². The zero-order valence-corrected chi connectivity index (χ0v) is 11.0. The molecule has 3 aromatic rings. The molecule has 0 aliphatic rings. The molecule has 2 aromatic carbocycles. The number of rotatable bonds is 2. The standard InChI is InChI=1S/C15H10ClFN2O/c16-11-2-1-3-13-14(11)10(7-19-13)15(20)9-6-8(17)4-5-12(9)18/h1-7,19H,18H2. The van der Waals surface area contributed by atoms with Gasteiger partial charge >= 0.3 is 0 Å². The van der Waals surface area contributed by atoms with Crippen LogP contribution in [0.2, 0.25) is 5.02 Å². The molecule has 3 N–H and O–H groups in total. The van der Waals surface area contributed by atoms with E-state index in [0.717, 1.165) is 11.6 Å². The fraction of sp³-hybridized carbons (Fsp3) is 0. The van der Waals surface area contributed by atoms with Gasteiger partial charge < -0.3 is 10.7 Å². The minimum Gasteiger partial charge on any atom is -0.398 e. The van der Waals surface area contributed by atoms with Crippen LogP contribution in [-0.2, 0) is 0 Å². The number of nitrogens with two attached hydrogens (primary N) is 1. The number of H-pyrrole nitrogens is 1. The first kappa shape index (κ1) is 12.7. The first-order chi connectivity index (χ1) is 9.58. The Labute approximate surface area is 119 Å². The summed E-state index contributed by atoms with van der Waals surface area (Å²) in [6.45, 7) is 0. The number of benzene rings is 2. The zero-order chi connectivity index (χ0) is 14.3. The van der Waals surface area contributed by atoms with Crippen molar-refractivity contribution in [3.05, 3.63) is 64.6 Å². The number of aromatic amines is 1. The molecular formula is C15H10ClFN2O. The van der Waals surface area contributed by atoms with Crippen LogP contribution in [0.5, 0.6) is 0 Å². The van der Waals surface area contributed by atoms with Gasteiger partial charge in [-0.1, -0.05) is 17.7 Å². The molecule has 20 heavy (non-hydrogen) atoms. The molecule has 0 aliphatic carbocycles. The molecule has 0 amide bonds. The SMILES string of the molecule is Nc1ccc(F)cc1C(=O)c1c[nH]c2cccc(Cl)c12. The third kappa shape index (κ3) is 1.94. The molecule has 3 nitrogen and oxygen atoms in total. The molecule has 1 aromatic heterocycles. The van der Waals surface area contributed by atoms with Crippen molar-refractivity contribution in [3.8, 4) is 0 Å². The predicted octanol–water partition coefficient (Wildman–Crippen LogP) is 3.77. The summed E-state index contributed by atoms with van der Waals surface area (Å²) in [7, 11) is 0. The zero-order valence-electron chi connectivity index (χ0n) is 10.3. The van der Waals surface area contributed by atoms with E-state index in [9.17, 15) is 9.18 Å². The largest absolute Gasteiger partial charge is 0.398 e. The number of ketones is 1. The maximum absolute atomic E-state index is 13.3. The highest BCUT2D eigenvalue weighted by atomic mass is 35.5. The number of hydrogen-bond donors (Lipinski definition) is 2. The minimum absolute atomic E-state index is 0.130. The lowest BCUT2D eigenvalue weighted by atomic mass is 10.0. The maximum atomic E-state index is 13.3. The van der Waals surface area contributed by atoms with Crippen LogP contribution < -0.4 is 5.73 Å². The van der Waals surface area contributed by atoms with E-state index < -0.39 is 5.82 Å². The summed E-state index contributed by atoms with van der Waals surface area (Å²) in [6, 6.07) is 9.02. The van der Waals surface area contributed by atoms with E-state index in [1.165, 1.54) is 12.1 Å². The Morgan fingerprint density at radius 1 is 1.20 bits per heavy atom. The smallest absolute Gasteiger partial charge is 0.197 e. The number of aromatic nitrogens is 1. The molecule has 0 bridgehead atoms. The number of hydrogen-bond acceptors (Lipinski definition) is 2. The Balaban J connectivity index is 2.21. The first-order valence-electron chi connectivity index (χ1n) is 5.93. The predicted molar refractivity (Wildman–Crippen MR) is 77.6 cm³/mol. The van der Waals surface area contributed by atoms with Crippen LogP contribution >= 0.6 is 11.6 Å². The van der Waals surface area contributed by atoms with Gasteiger partial charge in [0.15, 0.2) is 5.78 Å². The molecule has 100 valence electrons. The molecule has 5 heteroatoms. The molecule has 0 saturated carbocycles. The highest BCUT2D eigenvalue weighted by Crippen LogP contribution is 2.29. The summed E-state index contributed by atoms with van der Waals surface area (Å²) >= 11 is 6.13. The van der Waals surface area contributed by atoms with Crippen LogP contribution in [0.3, 0.4) is 0 Å². The summed E-state index contributed by atoms with van der Waals surface area (Å²) in [6.07, 6.45) is 1.56. The molecule has 0 spiro atoms. The fourth-order valence-corrected chi connectivity index (χ4v) is 2.47. The number of nitrogen functional groups attached to an aromatic ring is 1. The third-order valence-electron chi connectivity index (χ3n) is 3.16. The summed E-state index contributed by atoms with van der Waals surface area (Å²) < 4.78 is 13.3. The first-order valence-corrected chi connectivity index (χ1v) is 6.31. The monoisotopic (exact) mass is 288 g/mol. The number of halogens is 2. The van der Waals surface area contributed by atoms with Gasteiger partial charge in [0.05, 0.1) is 5.02 Å². The Kier molecular flexibility index (Phi) is 2.95. The normalized spacial score (nSPS) is 10.9. The second-order valence-electron chi connectivity index (χ2n) is 4.43. The molecule has 0 fully saturated rings. The summed E-state index contributed by atoms with van der Waals surface area (Å²) in [4.78, 5) is 15.5. The van der Waals surface area contributed by atoms with E-state index in [1.54, 1.807) is 18.3 Å². The lowest BCUT2D eigenvalue weighted by molar-refractivity contribution is 0.104. The fourth-order valence-electron chi connectivity index (χ4n) is 2.19. The number of anilines is 1. The average Bonchev–Trinajstić information content (AvgIpc) is 2.86. The van der Waals surface area contributed by atoms with E-state index in [4.69, 9.17) is 17.3 Å². The molecule has 0 radical (unpaired) electrons. The van der Waals surface area contributed by atoms with Crippen LogP contribution in [0, 0.1) is 5.82 Å². The van der Waals surface area contributed by atoms with Gasteiger partial charge in [0.25, 0.3) is 0 Å². The van der Waals surface area contributed by atoms with Crippen molar-refractivity contribution in [2.45, 2.75) is 0 Å². The van der Waals surface area contributed by atoms with E-state index in [0.29, 0.717) is 16.0 Å². The van der Waals surface area contributed by atoms with Gasteiger partial charge in [-0.15, -0.1) is 0 Å². The maximum Gasteiger partial charge on any atom is 0.197 e. The lowest BCUT2D eigenvalue weighted by Gasteiger charge is -2.05. The Morgan fingerprint density at radius 3 is 2.80 bits per heavy atom. The average molecular weight is 289 g/mol. The van der Waals surface area contributed by atoms with E-state index in [-0.39, 0.29) is 17.0 Å². The summed E-state index contributed by atoms with van der Waals surface area (Å²) in [5.41, 5.74) is 7.24. The second-order valence-corrected chi connectivity index (χ2v) is 4.83. The quantitative estimate of drug-likeness (QED) is 0.557. The number of nitrogens with one attached hydrogen (secondary N) is 1. The highest BCUT2D eigenvalue weighted by Gasteiger charge is 2.18. The number of carbonyl (C=O) groups is 1. The van der Waals surface area contributed by atoms with Crippen LogP contribution in [0.25, 0.3) is 10.9 Å². The van der Waals surface area contributed by atoms with Gasteiger partial charge in [-0.25, -0.2) is 4.39 Å². The molecule has 0 saturated heterocycles. The molecule has 1 heterocycles. The second kappa shape index (κ2) is 4.65. The Hall–Kier alpha value is -2.33. The molecule has 0 unspecified atom stereocenters. The van der Waals surface area contributed by atoms with E-state index in [2.05, 4.69) is 4.98 Å². The van der Waals surface area contributed by atoms with Crippen molar-refractivity contribution in [1.82, 2.24) is 4.98 Å². The van der Waals surface area contributed by atoms with Crippen molar-refractivity contribution in [1.29, 1.82) is 0 Å². The molecular weight excluding hydrogens is 279 g/mol. The van der Waals surface area contributed by atoms with Crippen LogP contribution in [-0.4, -0.2) is 10.8 Å². The van der Waals surface area contributed by atoms with Gasteiger partial charge in [0.1, 0.15) is 5.82 Å². The lowest BCUT2D eigenvalue weighted by Crippen LogP contribution is -2.05. The van der Waals surface area contributed by atoms with Crippen molar-refractivity contribution in [3.63, 3.8) is 0 Å². The summed E-state index contributed by atoms with van der Waals surface area (Å²) in [5, 5.41) is 1.07. The molecule has 0 aliphatic heterocycles. The van der Waals surface area contributed by atoms with Gasteiger partial charge in [-0.3, -0.25) is 4.79 Å². The van der Waals surface area contributed by atoms with Crippen LogP contribution in [0.1, 0.15) is 15.9 Å². The van der Waals surface area contributed by atoms with Crippen molar-refractivity contribution in [2.24, 2.45) is 0 Å². The third-order valence-corrected chi connectivity index (χ3v) is 3.47. The molecule has 3 rings (SSSR count).